The monoisotopic (exact) mass is 545 g/mol. The summed E-state index contributed by atoms with van der Waals surface area (Å²) in [6, 6.07) is 13.1. The Hall–Kier alpha value is -2.58. The first-order valence-corrected chi connectivity index (χ1v) is 15.0. The van der Waals surface area contributed by atoms with Crippen LogP contribution in [-0.4, -0.2) is 67.3 Å². The highest BCUT2D eigenvalue weighted by Crippen LogP contribution is 2.49. The van der Waals surface area contributed by atoms with Crippen molar-refractivity contribution in [2.45, 2.75) is 59.3 Å². The molecule has 0 saturated carbocycles. The lowest BCUT2D eigenvalue weighted by Gasteiger charge is -2.35. The molecule has 3 aliphatic rings. The minimum absolute atomic E-state index is 0.0408. The molecule has 0 amide bonds. The maximum atomic E-state index is 13.3. The molecule has 6 nitrogen and oxygen atoms in total. The van der Waals surface area contributed by atoms with Crippen molar-refractivity contribution in [2.24, 2.45) is 5.41 Å². The highest BCUT2D eigenvalue weighted by atomic mass is 32.1. The molecule has 2 fully saturated rings. The third-order valence-corrected chi connectivity index (χ3v) is 9.34. The molecule has 0 bridgehead atoms. The van der Waals surface area contributed by atoms with Gasteiger partial charge < -0.3 is 14.4 Å². The first-order chi connectivity index (χ1) is 18.8. The Bertz CT molecular complexity index is 1350. The van der Waals surface area contributed by atoms with Crippen LogP contribution in [0.1, 0.15) is 54.9 Å². The van der Waals surface area contributed by atoms with Gasteiger partial charge in [-0.05, 0) is 60.6 Å². The van der Waals surface area contributed by atoms with Gasteiger partial charge in [-0.25, -0.2) is 0 Å². The molecule has 0 radical (unpaired) electrons. The lowest BCUT2D eigenvalue weighted by atomic mass is 9.75. The minimum Gasteiger partial charge on any atom is -0.378 e. The van der Waals surface area contributed by atoms with E-state index in [1.807, 2.05) is 6.20 Å². The second-order valence-electron chi connectivity index (χ2n) is 12.2. The molecule has 1 aliphatic carbocycles. The maximum absolute atomic E-state index is 13.3. The molecule has 2 saturated heterocycles. The molecule has 2 atom stereocenters. The number of rotatable bonds is 5. The van der Waals surface area contributed by atoms with Gasteiger partial charge in [-0.15, -0.1) is 11.3 Å². The van der Waals surface area contributed by atoms with Gasteiger partial charge in [-0.2, -0.15) is 0 Å². The highest BCUT2D eigenvalue weighted by Gasteiger charge is 2.37. The van der Waals surface area contributed by atoms with Crippen LogP contribution in [0.15, 0.2) is 42.6 Å². The number of hydrogen-bond donors (Lipinski definition) is 0. The fourth-order valence-electron chi connectivity index (χ4n) is 6.43. The minimum atomic E-state index is -0.0408. The van der Waals surface area contributed by atoms with Crippen molar-refractivity contribution >= 4 is 22.1 Å². The first-order valence-electron chi connectivity index (χ1n) is 14.2. The molecule has 4 heterocycles. The van der Waals surface area contributed by atoms with Crippen LogP contribution in [0.3, 0.4) is 0 Å². The summed E-state index contributed by atoms with van der Waals surface area (Å²) in [6.07, 6.45) is 3.95. The normalized spacial score (nSPS) is 23.6. The van der Waals surface area contributed by atoms with Crippen LogP contribution in [0, 0.1) is 5.41 Å². The number of Topliss-reactive ketones (excluding diaryl/α,β-unsaturated/α-hetero) is 1. The van der Waals surface area contributed by atoms with Crippen LogP contribution >= 0.6 is 11.3 Å². The molecule has 6 rings (SSSR count). The zero-order chi connectivity index (χ0) is 27.1. The molecule has 7 heteroatoms. The maximum Gasteiger partial charge on any atom is 0.173 e. The summed E-state index contributed by atoms with van der Waals surface area (Å²) in [7, 11) is 0. The van der Waals surface area contributed by atoms with Crippen molar-refractivity contribution in [1.29, 1.82) is 0 Å². The van der Waals surface area contributed by atoms with E-state index in [0.29, 0.717) is 6.42 Å². The van der Waals surface area contributed by atoms with Gasteiger partial charge >= 0.3 is 0 Å². The third kappa shape index (κ3) is 5.68. The summed E-state index contributed by atoms with van der Waals surface area (Å²) in [4.78, 5) is 23.9. The smallest absolute Gasteiger partial charge is 0.173 e. The van der Waals surface area contributed by atoms with Crippen LogP contribution in [0.4, 0.5) is 5.00 Å². The van der Waals surface area contributed by atoms with E-state index >= 15 is 0 Å². The molecule has 206 valence electrons. The van der Waals surface area contributed by atoms with Gasteiger partial charge in [0.25, 0.3) is 0 Å². The summed E-state index contributed by atoms with van der Waals surface area (Å²) in [5.74, 6) is 0.278. The van der Waals surface area contributed by atoms with Gasteiger partial charge in [-0.3, -0.25) is 14.7 Å². The van der Waals surface area contributed by atoms with Crippen molar-refractivity contribution in [3.63, 3.8) is 0 Å². The Kier molecular flexibility index (Phi) is 7.35. The molecule has 2 unspecified atom stereocenters. The lowest BCUT2D eigenvalue weighted by molar-refractivity contribution is -0.0704. The van der Waals surface area contributed by atoms with E-state index in [-0.39, 0.29) is 23.4 Å². The molecule has 3 aromatic rings. The molecule has 0 N–H and O–H groups in total. The summed E-state index contributed by atoms with van der Waals surface area (Å²) < 4.78 is 11.6. The summed E-state index contributed by atoms with van der Waals surface area (Å²) >= 11 is 1.68. The van der Waals surface area contributed by atoms with E-state index in [2.05, 4.69) is 73.9 Å². The fraction of sp³-hybridized carbons (Fsp3) is 0.500. The number of hydrogen-bond acceptors (Lipinski definition) is 7. The highest BCUT2D eigenvalue weighted by molar-refractivity contribution is 7.19. The third-order valence-electron chi connectivity index (χ3n) is 8.01. The van der Waals surface area contributed by atoms with Crippen molar-refractivity contribution in [3.8, 4) is 22.4 Å². The number of carbonyl (C=O) groups is 1. The summed E-state index contributed by atoms with van der Waals surface area (Å²) in [6.45, 7) is 14.7. The number of anilines is 1. The Morgan fingerprint density at radius 1 is 1.03 bits per heavy atom. The molecular weight excluding hydrogens is 506 g/mol. The number of carbonyl (C=O) groups excluding carboxylic acids is 1. The van der Waals surface area contributed by atoms with Gasteiger partial charge in [0.2, 0.25) is 0 Å². The van der Waals surface area contributed by atoms with Crippen LogP contribution in [-0.2, 0) is 22.4 Å². The molecular formula is C32H39N3O3S. The van der Waals surface area contributed by atoms with Crippen molar-refractivity contribution < 1.29 is 14.3 Å². The average molecular weight is 546 g/mol. The Balaban J connectivity index is 1.36. The molecule has 1 aromatic carbocycles. The van der Waals surface area contributed by atoms with E-state index in [0.717, 1.165) is 74.1 Å². The standard InChI is InChI=1S/C32H39N3O3S/c1-21-18-34(19-22(2)38-21)20-23-6-5-7-24(14-23)27-15-25(8-9-33-27)29-26-16-32(3,4)17-28(36)30(26)39-31(29)35-10-12-37-13-11-35/h5-9,14-15,21-22H,10-13,16-20H2,1-4H3. The van der Waals surface area contributed by atoms with E-state index in [1.54, 1.807) is 11.3 Å². The average Bonchev–Trinajstić information content (AvgIpc) is 3.27. The van der Waals surface area contributed by atoms with Crippen LogP contribution < -0.4 is 4.90 Å². The SMILES string of the molecule is CC1CN(Cc2cccc(-c3cc(-c4c(N5CCOCC5)sc5c4CC(C)(C)CC5=O)ccn3)c2)CC(C)O1. The number of ketones is 1. The second kappa shape index (κ2) is 10.8. The van der Waals surface area contributed by atoms with Gasteiger partial charge in [-0.1, -0.05) is 32.0 Å². The first kappa shape index (κ1) is 26.6. The molecule has 0 spiro atoms. The zero-order valence-electron chi connectivity index (χ0n) is 23.5. The number of thiophene rings is 1. The number of benzene rings is 1. The fourth-order valence-corrected chi connectivity index (χ4v) is 7.76. The Morgan fingerprint density at radius 2 is 1.79 bits per heavy atom. The number of fused-ring (bicyclic) bond motifs is 1. The molecule has 2 aromatic heterocycles. The van der Waals surface area contributed by atoms with E-state index in [4.69, 9.17) is 14.5 Å². The number of pyridine rings is 1. The summed E-state index contributed by atoms with van der Waals surface area (Å²) in [5, 5.41) is 1.20. The molecule has 2 aliphatic heterocycles. The number of ether oxygens (including phenoxy) is 2. The number of nitrogens with zero attached hydrogens (tertiary/aromatic N) is 3. The van der Waals surface area contributed by atoms with Crippen molar-refractivity contribution in [3.05, 3.63) is 58.6 Å². The van der Waals surface area contributed by atoms with E-state index in [9.17, 15) is 4.79 Å². The summed E-state index contributed by atoms with van der Waals surface area (Å²) in [5.41, 5.74) is 6.91. The topological polar surface area (TPSA) is 54.9 Å². The van der Waals surface area contributed by atoms with Crippen LogP contribution in [0.2, 0.25) is 0 Å². The van der Waals surface area contributed by atoms with Gasteiger partial charge in [0.1, 0.15) is 0 Å². The molecule has 39 heavy (non-hydrogen) atoms. The predicted molar refractivity (Wildman–Crippen MR) is 158 cm³/mol. The van der Waals surface area contributed by atoms with E-state index < -0.39 is 0 Å². The van der Waals surface area contributed by atoms with E-state index in [1.165, 1.54) is 21.7 Å². The number of morpholine rings is 2. The lowest BCUT2D eigenvalue weighted by Crippen LogP contribution is -2.44. The Morgan fingerprint density at radius 3 is 2.56 bits per heavy atom. The predicted octanol–water partition coefficient (Wildman–Crippen LogP) is 6.08. The van der Waals surface area contributed by atoms with Crippen LogP contribution in [0.5, 0.6) is 0 Å². The Labute approximate surface area is 236 Å². The van der Waals surface area contributed by atoms with Gasteiger partial charge in [0.05, 0.1) is 41.0 Å². The number of aromatic nitrogens is 1. The van der Waals surface area contributed by atoms with Crippen molar-refractivity contribution in [1.82, 2.24) is 9.88 Å². The second-order valence-corrected chi connectivity index (χ2v) is 13.2. The van der Waals surface area contributed by atoms with Crippen molar-refractivity contribution in [2.75, 3.05) is 44.3 Å². The van der Waals surface area contributed by atoms with Gasteiger partial charge in [0, 0.05) is 56.5 Å². The van der Waals surface area contributed by atoms with Crippen LogP contribution in [0.25, 0.3) is 22.4 Å². The zero-order valence-corrected chi connectivity index (χ0v) is 24.4. The largest absolute Gasteiger partial charge is 0.378 e. The quantitative estimate of drug-likeness (QED) is 0.388. The van der Waals surface area contributed by atoms with Gasteiger partial charge in [0.15, 0.2) is 5.78 Å².